The van der Waals surface area contributed by atoms with Crippen LogP contribution in [0, 0.1) is 0 Å². The number of ether oxygens (including phenoxy) is 3. The number of carbonyl (C=O) groups excluding carboxylic acids is 2. The van der Waals surface area contributed by atoms with Gasteiger partial charge >= 0.3 is 5.97 Å². The standard InChI is InChI=1S/C16H19NO7S/c1-10(15(18)17-11-6-7-25(20,21)9-11)23-16(19)14-8-22-12-4-2-3-5-13(12)24-14/h2-5,10-11,14H,6-9H2,1H3,(H,17,18)/t10-,11+,14-/m0/s1. The summed E-state index contributed by atoms with van der Waals surface area (Å²) in [5.74, 6) is -0.304. The monoisotopic (exact) mass is 369 g/mol. The molecule has 136 valence electrons. The maximum absolute atomic E-state index is 12.2. The number of hydrogen-bond donors (Lipinski definition) is 1. The molecule has 1 fully saturated rings. The molecule has 3 atom stereocenters. The third kappa shape index (κ3) is 4.22. The first-order valence-corrected chi connectivity index (χ1v) is 9.76. The van der Waals surface area contributed by atoms with Gasteiger partial charge in [-0.2, -0.15) is 0 Å². The molecular weight excluding hydrogens is 350 g/mol. The minimum Gasteiger partial charge on any atom is -0.485 e. The number of rotatable bonds is 4. The van der Waals surface area contributed by atoms with E-state index >= 15 is 0 Å². The molecule has 2 aliphatic rings. The summed E-state index contributed by atoms with van der Waals surface area (Å²) in [6, 6.07) is 6.49. The summed E-state index contributed by atoms with van der Waals surface area (Å²) in [7, 11) is -3.09. The second kappa shape index (κ2) is 6.91. The van der Waals surface area contributed by atoms with Gasteiger partial charge in [-0.3, -0.25) is 4.79 Å². The van der Waals surface area contributed by atoms with E-state index in [0.717, 1.165) is 0 Å². The van der Waals surface area contributed by atoms with Gasteiger partial charge in [-0.05, 0) is 25.5 Å². The van der Waals surface area contributed by atoms with Gasteiger partial charge in [-0.1, -0.05) is 12.1 Å². The van der Waals surface area contributed by atoms with E-state index in [4.69, 9.17) is 14.2 Å². The summed E-state index contributed by atoms with van der Waals surface area (Å²) in [6.07, 6.45) is -1.65. The highest BCUT2D eigenvalue weighted by Gasteiger charge is 2.33. The van der Waals surface area contributed by atoms with Gasteiger partial charge in [-0.15, -0.1) is 0 Å². The number of para-hydroxylation sites is 2. The summed E-state index contributed by atoms with van der Waals surface area (Å²) < 4.78 is 38.9. The maximum Gasteiger partial charge on any atom is 0.351 e. The van der Waals surface area contributed by atoms with Crippen molar-refractivity contribution in [2.75, 3.05) is 18.1 Å². The summed E-state index contributed by atoms with van der Waals surface area (Å²) >= 11 is 0. The normalized spacial score (nSPS) is 25.0. The maximum atomic E-state index is 12.2. The van der Waals surface area contributed by atoms with Crippen LogP contribution in [0.1, 0.15) is 13.3 Å². The van der Waals surface area contributed by atoms with Crippen LogP contribution in [0.2, 0.25) is 0 Å². The fraction of sp³-hybridized carbons (Fsp3) is 0.500. The Morgan fingerprint density at radius 2 is 2.00 bits per heavy atom. The number of benzene rings is 1. The van der Waals surface area contributed by atoms with E-state index < -0.39 is 40.0 Å². The molecule has 0 aliphatic carbocycles. The Morgan fingerprint density at radius 3 is 2.68 bits per heavy atom. The third-order valence-electron chi connectivity index (χ3n) is 4.01. The molecule has 0 radical (unpaired) electrons. The molecule has 1 saturated heterocycles. The molecule has 3 rings (SSSR count). The van der Waals surface area contributed by atoms with Gasteiger partial charge in [0.05, 0.1) is 11.5 Å². The van der Waals surface area contributed by atoms with Crippen LogP contribution in [0.3, 0.4) is 0 Å². The Hall–Kier alpha value is -2.29. The Morgan fingerprint density at radius 1 is 1.28 bits per heavy atom. The van der Waals surface area contributed by atoms with Crippen molar-refractivity contribution in [2.24, 2.45) is 0 Å². The van der Waals surface area contributed by atoms with E-state index in [2.05, 4.69) is 5.32 Å². The fourth-order valence-electron chi connectivity index (χ4n) is 2.67. The molecule has 1 N–H and O–H groups in total. The van der Waals surface area contributed by atoms with Crippen LogP contribution in [0.25, 0.3) is 0 Å². The lowest BCUT2D eigenvalue weighted by Gasteiger charge is -2.26. The molecule has 0 aromatic heterocycles. The van der Waals surface area contributed by atoms with Gasteiger partial charge in [-0.25, -0.2) is 13.2 Å². The van der Waals surface area contributed by atoms with E-state index in [1.807, 2.05) is 0 Å². The average molecular weight is 369 g/mol. The molecule has 8 nitrogen and oxygen atoms in total. The second-order valence-electron chi connectivity index (χ2n) is 6.05. The van der Waals surface area contributed by atoms with Gasteiger partial charge in [0.15, 0.2) is 27.4 Å². The van der Waals surface area contributed by atoms with Crippen molar-refractivity contribution in [3.63, 3.8) is 0 Å². The van der Waals surface area contributed by atoms with Crippen LogP contribution in [0.5, 0.6) is 11.5 Å². The topological polar surface area (TPSA) is 108 Å². The molecule has 9 heteroatoms. The van der Waals surface area contributed by atoms with Gasteiger partial charge in [0, 0.05) is 6.04 Å². The highest BCUT2D eigenvalue weighted by Crippen LogP contribution is 2.31. The number of sulfone groups is 1. The lowest BCUT2D eigenvalue weighted by atomic mass is 10.2. The summed E-state index contributed by atoms with van der Waals surface area (Å²) in [4.78, 5) is 24.2. The van der Waals surface area contributed by atoms with Crippen LogP contribution in [0.15, 0.2) is 24.3 Å². The number of carbonyl (C=O) groups is 2. The smallest absolute Gasteiger partial charge is 0.351 e. The Kier molecular flexibility index (Phi) is 4.85. The van der Waals surface area contributed by atoms with Crippen LogP contribution < -0.4 is 14.8 Å². The van der Waals surface area contributed by atoms with Crippen molar-refractivity contribution in [3.05, 3.63) is 24.3 Å². The number of fused-ring (bicyclic) bond motifs is 1. The van der Waals surface area contributed by atoms with Gasteiger partial charge in [0.1, 0.15) is 6.61 Å². The van der Waals surface area contributed by atoms with Gasteiger partial charge < -0.3 is 19.5 Å². The van der Waals surface area contributed by atoms with Crippen LogP contribution in [0.4, 0.5) is 0 Å². The molecule has 0 saturated carbocycles. The molecule has 1 aromatic rings. The largest absolute Gasteiger partial charge is 0.485 e. The van der Waals surface area contributed by atoms with E-state index in [1.165, 1.54) is 6.92 Å². The highest BCUT2D eigenvalue weighted by molar-refractivity contribution is 7.91. The van der Waals surface area contributed by atoms with Crippen molar-refractivity contribution in [1.29, 1.82) is 0 Å². The SMILES string of the molecule is C[C@H](OC(=O)[C@@H]1COc2ccccc2O1)C(=O)N[C@@H]1CCS(=O)(=O)C1. The Labute approximate surface area is 145 Å². The minimum atomic E-state index is -3.09. The summed E-state index contributed by atoms with van der Waals surface area (Å²) in [6.45, 7) is 1.42. The van der Waals surface area contributed by atoms with Crippen molar-refractivity contribution >= 4 is 21.7 Å². The number of hydrogen-bond acceptors (Lipinski definition) is 7. The van der Waals surface area contributed by atoms with Gasteiger partial charge in [0.2, 0.25) is 6.10 Å². The second-order valence-corrected chi connectivity index (χ2v) is 8.28. The zero-order chi connectivity index (χ0) is 18.0. The number of amides is 1. The van der Waals surface area contributed by atoms with E-state index in [1.54, 1.807) is 24.3 Å². The zero-order valence-corrected chi connectivity index (χ0v) is 14.5. The first-order chi connectivity index (χ1) is 11.8. The van der Waals surface area contributed by atoms with Crippen molar-refractivity contribution in [2.45, 2.75) is 31.6 Å². The van der Waals surface area contributed by atoms with Crippen molar-refractivity contribution in [3.8, 4) is 11.5 Å². The summed E-state index contributed by atoms with van der Waals surface area (Å²) in [5, 5.41) is 2.59. The molecule has 25 heavy (non-hydrogen) atoms. The average Bonchev–Trinajstić information content (AvgIpc) is 2.92. The quantitative estimate of drug-likeness (QED) is 0.748. The molecule has 0 bridgehead atoms. The molecule has 1 aromatic carbocycles. The zero-order valence-electron chi connectivity index (χ0n) is 13.6. The lowest BCUT2D eigenvalue weighted by Crippen LogP contribution is -2.45. The Bertz CT molecular complexity index is 776. The first kappa shape index (κ1) is 17.5. The van der Waals surface area contributed by atoms with Crippen LogP contribution >= 0.6 is 0 Å². The highest BCUT2D eigenvalue weighted by atomic mass is 32.2. The van der Waals surface area contributed by atoms with E-state index in [0.29, 0.717) is 17.9 Å². The van der Waals surface area contributed by atoms with Crippen molar-refractivity contribution in [1.82, 2.24) is 5.32 Å². The fourth-order valence-corrected chi connectivity index (χ4v) is 4.34. The molecule has 0 spiro atoms. The molecule has 2 heterocycles. The molecule has 2 aliphatic heterocycles. The third-order valence-corrected chi connectivity index (χ3v) is 5.78. The molecule has 0 unspecified atom stereocenters. The lowest BCUT2D eigenvalue weighted by molar-refractivity contribution is -0.163. The predicted molar refractivity (Wildman–Crippen MR) is 87.1 cm³/mol. The predicted octanol–water partition coefficient (Wildman–Crippen LogP) is 0.0614. The van der Waals surface area contributed by atoms with Crippen molar-refractivity contribution < 1.29 is 32.2 Å². The van der Waals surface area contributed by atoms with E-state index in [9.17, 15) is 18.0 Å². The molecule has 1 amide bonds. The first-order valence-electron chi connectivity index (χ1n) is 7.94. The van der Waals surface area contributed by atoms with Crippen LogP contribution in [-0.2, 0) is 24.2 Å². The van der Waals surface area contributed by atoms with E-state index in [-0.39, 0.29) is 18.1 Å². The minimum absolute atomic E-state index is 0.00887. The molecular formula is C16H19NO7S. The number of nitrogens with one attached hydrogen (secondary N) is 1. The summed E-state index contributed by atoms with van der Waals surface area (Å²) in [5.41, 5.74) is 0. The van der Waals surface area contributed by atoms with Gasteiger partial charge in [0.25, 0.3) is 5.91 Å². The Balaban J connectivity index is 1.52. The number of esters is 1. The van der Waals surface area contributed by atoms with Crippen LogP contribution in [-0.4, -0.2) is 56.7 Å².